The average molecular weight is 170 g/mol. The predicted octanol–water partition coefficient (Wildman–Crippen LogP) is 2.54. The Balaban J connectivity index is 3.52. The highest BCUT2D eigenvalue weighted by Gasteiger charge is 1.97. The normalized spacial score (nSPS) is 13.2. The van der Waals surface area contributed by atoms with E-state index >= 15 is 0 Å². The molecule has 0 heterocycles. The monoisotopic (exact) mass is 170 g/mol. The molecule has 0 unspecified atom stereocenters. The fourth-order valence-electron chi connectivity index (χ4n) is 0.753. The summed E-state index contributed by atoms with van der Waals surface area (Å²) in [6.45, 7) is 6.54. The molecule has 0 fully saturated rings. The van der Waals surface area contributed by atoms with Gasteiger partial charge >= 0.3 is 5.97 Å². The van der Waals surface area contributed by atoms with E-state index in [-0.39, 0.29) is 5.97 Å². The van der Waals surface area contributed by atoms with Crippen LogP contribution in [0.25, 0.3) is 0 Å². The minimum Gasteiger partial charge on any atom is -0.466 e. The molecule has 0 N–H and O–H groups in total. The van der Waals surface area contributed by atoms with Crippen LogP contribution in [0.3, 0.4) is 0 Å². The number of hydrogen-bond acceptors (Lipinski definition) is 2. The fraction of sp³-hybridized carbons (Fsp3) is 0.700. The van der Waals surface area contributed by atoms with E-state index in [1.54, 1.807) is 0 Å². The van der Waals surface area contributed by atoms with Crippen molar-refractivity contribution in [2.45, 2.75) is 33.6 Å². The molecule has 0 aliphatic carbocycles. The van der Waals surface area contributed by atoms with Crippen molar-refractivity contribution < 1.29 is 9.53 Å². The minimum absolute atomic E-state index is 0.142. The first-order chi connectivity index (χ1) is 5.70. The van der Waals surface area contributed by atoms with Gasteiger partial charge in [-0.15, -0.1) is 0 Å². The Hall–Kier alpha value is -0.790. The lowest BCUT2D eigenvalue weighted by atomic mass is 10.1. The summed E-state index contributed by atoms with van der Waals surface area (Å²) in [7, 11) is 0. The smallest absolute Gasteiger partial charge is 0.309 e. The summed E-state index contributed by atoms with van der Waals surface area (Å²) in [5.41, 5.74) is 0. The van der Waals surface area contributed by atoms with Gasteiger partial charge in [0.25, 0.3) is 0 Å². The second-order valence-corrected chi connectivity index (χ2v) is 2.82. The van der Waals surface area contributed by atoms with Gasteiger partial charge in [-0.1, -0.05) is 32.4 Å². The van der Waals surface area contributed by atoms with E-state index in [0.29, 0.717) is 18.9 Å². The van der Waals surface area contributed by atoms with Crippen LogP contribution in [0.1, 0.15) is 33.6 Å². The van der Waals surface area contributed by atoms with Crippen molar-refractivity contribution in [3.8, 4) is 0 Å². The largest absolute Gasteiger partial charge is 0.466 e. The van der Waals surface area contributed by atoms with Gasteiger partial charge in [0, 0.05) is 0 Å². The van der Waals surface area contributed by atoms with E-state index in [9.17, 15) is 4.79 Å². The highest BCUT2D eigenvalue weighted by atomic mass is 16.5. The quantitative estimate of drug-likeness (QED) is 0.468. The summed E-state index contributed by atoms with van der Waals surface area (Å²) in [5, 5.41) is 0. The predicted molar refractivity (Wildman–Crippen MR) is 49.8 cm³/mol. The van der Waals surface area contributed by atoms with Crippen molar-refractivity contribution in [1.82, 2.24) is 0 Å². The molecule has 0 aliphatic heterocycles. The first kappa shape index (κ1) is 11.2. The Morgan fingerprint density at radius 2 is 2.17 bits per heavy atom. The maximum absolute atomic E-state index is 10.8. The van der Waals surface area contributed by atoms with Crippen LogP contribution in [0.4, 0.5) is 0 Å². The van der Waals surface area contributed by atoms with Gasteiger partial charge in [0.1, 0.15) is 0 Å². The average Bonchev–Trinajstić information content (AvgIpc) is 2.04. The lowest BCUT2D eigenvalue weighted by molar-refractivity contribution is -0.142. The molecule has 0 bridgehead atoms. The topological polar surface area (TPSA) is 26.3 Å². The first-order valence-electron chi connectivity index (χ1n) is 4.53. The van der Waals surface area contributed by atoms with E-state index < -0.39 is 0 Å². The van der Waals surface area contributed by atoms with Gasteiger partial charge < -0.3 is 4.74 Å². The third-order valence-electron chi connectivity index (χ3n) is 1.70. The van der Waals surface area contributed by atoms with Crippen molar-refractivity contribution in [3.63, 3.8) is 0 Å². The van der Waals surface area contributed by atoms with Crippen molar-refractivity contribution in [3.05, 3.63) is 12.2 Å². The fourth-order valence-corrected chi connectivity index (χ4v) is 0.753. The van der Waals surface area contributed by atoms with Crippen molar-refractivity contribution in [1.29, 1.82) is 0 Å². The van der Waals surface area contributed by atoms with Gasteiger partial charge in [0.15, 0.2) is 0 Å². The van der Waals surface area contributed by atoms with Crippen LogP contribution in [0.5, 0.6) is 0 Å². The van der Waals surface area contributed by atoms with Gasteiger partial charge in [0.05, 0.1) is 13.0 Å². The summed E-state index contributed by atoms with van der Waals surface area (Å²) in [6.07, 6.45) is 5.45. The summed E-state index contributed by atoms with van der Waals surface area (Å²) in [4.78, 5) is 10.8. The molecule has 0 aliphatic rings. The SMILES string of the molecule is CCOC(=O)CC=C[C@H](C)CC. The number of allylic oxidation sites excluding steroid dienone is 1. The highest BCUT2D eigenvalue weighted by molar-refractivity contribution is 5.71. The molecule has 70 valence electrons. The summed E-state index contributed by atoms with van der Waals surface area (Å²) in [6, 6.07) is 0. The molecule has 0 radical (unpaired) electrons. The second kappa shape index (κ2) is 6.89. The van der Waals surface area contributed by atoms with Crippen molar-refractivity contribution in [2.75, 3.05) is 6.61 Å². The number of rotatable bonds is 5. The van der Waals surface area contributed by atoms with Gasteiger partial charge in [-0.2, -0.15) is 0 Å². The van der Waals surface area contributed by atoms with Crippen molar-refractivity contribution >= 4 is 5.97 Å². The van der Waals surface area contributed by atoms with Crippen LogP contribution < -0.4 is 0 Å². The number of carbonyl (C=O) groups excluding carboxylic acids is 1. The molecule has 1 atom stereocenters. The maximum Gasteiger partial charge on any atom is 0.309 e. The van der Waals surface area contributed by atoms with E-state index in [1.807, 2.05) is 13.0 Å². The van der Waals surface area contributed by atoms with Gasteiger partial charge in [-0.3, -0.25) is 4.79 Å². The zero-order valence-corrected chi connectivity index (χ0v) is 8.17. The van der Waals surface area contributed by atoms with Crippen LogP contribution in [-0.4, -0.2) is 12.6 Å². The number of esters is 1. The first-order valence-corrected chi connectivity index (χ1v) is 4.53. The van der Waals surface area contributed by atoms with Gasteiger partial charge in [0.2, 0.25) is 0 Å². The Bertz CT molecular complexity index is 150. The van der Waals surface area contributed by atoms with Crippen LogP contribution in [-0.2, 0) is 9.53 Å². The van der Waals surface area contributed by atoms with Crippen LogP contribution in [0.15, 0.2) is 12.2 Å². The summed E-state index contributed by atoms with van der Waals surface area (Å²) >= 11 is 0. The van der Waals surface area contributed by atoms with Gasteiger partial charge in [-0.05, 0) is 12.8 Å². The third kappa shape index (κ3) is 5.96. The maximum atomic E-state index is 10.8. The lowest BCUT2D eigenvalue weighted by Gasteiger charge is -1.99. The zero-order chi connectivity index (χ0) is 9.40. The van der Waals surface area contributed by atoms with Crippen LogP contribution in [0, 0.1) is 5.92 Å². The second-order valence-electron chi connectivity index (χ2n) is 2.82. The molecular weight excluding hydrogens is 152 g/mol. The molecule has 0 spiro atoms. The Labute approximate surface area is 74.6 Å². The molecule has 2 nitrogen and oxygen atoms in total. The zero-order valence-electron chi connectivity index (χ0n) is 8.17. The molecule has 0 aromatic heterocycles. The Morgan fingerprint density at radius 1 is 1.50 bits per heavy atom. The summed E-state index contributed by atoms with van der Waals surface area (Å²) < 4.78 is 4.77. The lowest BCUT2D eigenvalue weighted by Crippen LogP contribution is -2.01. The van der Waals surface area contributed by atoms with Crippen LogP contribution in [0.2, 0.25) is 0 Å². The van der Waals surface area contributed by atoms with Crippen LogP contribution >= 0.6 is 0 Å². The molecule has 0 saturated heterocycles. The molecular formula is C10H18O2. The molecule has 12 heavy (non-hydrogen) atoms. The highest BCUT2D eigenvalue weighted by Crippen LogP contribution is 2.02. The molecule has 0 amide bonds. The van der Waals surface area contributed by atoms with E-state index in [0.717, 1.165) is 6.42 Å². The Kier molecular flexibility index (Phi) is 6.44. The minimum atomic E-state index is -0.142. The number of ether oxygens (including phenoxy) is 1. The molecule has 0 aromatic rings. The van der Waals surface area contributed by atoms with Gasteiger partial charge in [-0.25, -0.2) is 0 Å². The van der Waals surface area contributed by atoms with E-state index in [1.165, 1.54) is 0 Å². The molecule has 0 rings (SSSR count). The van der Waals surface area contributed by atoms with E-state index in [4.69, 9.17) is 4.74 Å². The standard InChI is InChI=1S/C10H18O2/c1-4-9(3)7-6-8-10(11)12-5-2/h6-7,9H,4-5,8H2,1-3H3/t9-/m1/s1. The summed E-state index contributed by atoms with van der Waals surface area (Å²) in [5.74, 6) is 0.413. The number of carbonyl (C=O) groups is 1. The Morgan fingerprint density at radius 3 is 2.67 bits per heavy atom. The number of hydrogen-bond donors (Lipinski definition) is 0. The molecule has 0 aromatic carbocycles. The van der Waals surface area contributed by atoms with E-state index in [2.05, 4.69) is 19.9 Å². The molecule has 0 saturated carbocycles. The van der Waals surface area contributed by atoms with Crippen molar-refractivity contribution in [2.24, 2.45) is 5.92 Å². The third-order valence-corrected chi connectivity index (χ3v) is 1.70. The molecule has 2 heteroatoms.